The van der Waals surface area contributed by atoms with Crippen molar-refractivity contribution >= 4 is 28.2 Å². The van der Waals surface area contributed by atoms with Gasteiger partial charge in [-0.2, -0.15) is 5.10 Å². The minimum Gasteiger partial charge on any atom is -0.356 e. The van der Waals surface area contributed by atoms with E-state index in [4.69, 9.17) is 0 Å². The van der Waals surface area contributed by atoms with Gasteiger partial charge in [0.15, 0.2) is 0 Å². The fraction of sp³-hybridized carbons (Fsp3) is 0.176. The molecule has 112 valence electrons. The highest BCUT2D eigenvalue weighted by atomic mass is 16.2. The maximum atomic E-state index is 11.7. The lowest BCUT2D eigenvalue weighted by Crippen LogP contribution is -2.23. The summed E-state index contributed by atoms with van der Waals surface area (Å²) in [6.45, 7) is 0. The molecule has 2 N–H and O–H groups in total. The molecule has 1 heterocycles. The lowest BCUT2D eigenvalue weighted by Gasteiger charge is -2.11. The number of rotatable bonds is 4. The molecule has 0 spiro atoms. The Balaban J connectivity index is 1.71. The average molecular weight is 294 g/mol. The lowest BCUT2D eigenvalue weighted by molar-refractivity contribution is -0.127. The lowest BCUT2D eigenvalue weighted by atomic mass is 10.1. The Labute approximate surface area is 128 Å². The highest BCUT2D eigenvalue weighted by Crippen LogP contribution is 2.21. The summed E-state index contributed by atoms with van der Waals surface area (Å²) in [5, 5.41) is 11.4. The van der Waals surface area contributed by atoms with Gasteiger partial charge in [-0.05, 0) is 35.9 Å². The van der Waals surface area contributed by atoms with Crippen LogP contribution in [-0.2, 0) is 11.2 Å². The van der Waals surface area contributed by atoms with Crippen LogP contribution in [0.15, 0.2) is 48.7 Å². The first-order valence-electron chi connectivity index (χ1n) is 7.11. The van der Waals surface area contributed by atoms with Crippen molar-refractivity contribution in [1.82, 2.24) is 15.1 Å². The number of aromatic nitrogens is 2. The molecule has 0 aliphatic carbocycles. The van der Waals surface area contributed by atoms with Gasteiger partial charge in [-0.3, -0.25) is 9.89 Å². The fourth-order valence-corrected chi connectivity index (χ4v) is 2.23. The molecule has 0 aliphatic heterocycles. The zero-order valence-corrected chi connectivity index (χ0v) is 12.6. The highest BCUT2D eigenvalue weighted by molar-refractivity contribution is 5.83. The minimum absolute atomic E-state index is 0.103. The molecule has 2 aromatic carbocycles. The molecule has 3 aromatic rings. The number of likely N-dealkylation sites (N-methyl/N-ethyl adjacent to an activating group) is 1. The van der Waals surface area contributed by atoms with E-state index < -0.39 is 0 Å². The Morgan fingerprint density at radius 1 is 1.14 bits per heavy atom. The van der Waals surface area contributed by atoms with Crippen molar-refractivity contribution in [3.63, 3.8) is 0 Å². The summed E-state index contributed by atoms with van der Waals surface area (Å²) in [6, 6.07) is 14.0. The second-order valence-electron chi connectivity index (χ2n) is 5.46. The smallest absolute Gasteiger partial charge is 0.226 e. The number of anilines is 2. The van der Waals surface area contributed by atoms with Gasteiger partial charge >= 0.3 is 0 Å². The van der Waals surface area contributed by atoms with Gasteiger partial charge in [-0.25, -0.2) is 0 Å². The minimum atomic E-state index is 0.103. The summed E-state index contributed by atoms with van der Waals surface area (Å²) in [5.41, 5.74) is 4.02. The SMILES string of the molecule is CN(C)C(=O)Cc1ccc(Nc2ccc3[nH]ncc3c2)cc1. The molecule has 0 atom stereocenters. The van der Waals surface area contributed by atoms with Crippen LogP contribution in [0.4, 0.5) is 11.4 Å². The molecule has 5 nitrogen and oxygen atoms in total. The molecule has 0 bridgehead atoms. The fourth-order valence-electron chi connectivity index (χ4n) is 2.23. The molecule has 5 heteroatoms. The number of aromatic amines is 1. The maximum absolute atomic E-state index is 11.7. The van der Waals surface area contributed by atoms with Crippen molar-refractivity contribution in [2.24, 2.45) is 0 Å². The van der Waals surface area contributed by atoms with E-state index in [1.54, 1.807) is 25.2 Å². The van der Waals surface area contributed by atoms with E-state index in [-0.39, 0.29) is 5.91 Å². The molecule has 0 aliphatic rings. The molecule has 22 heavy (non-hydrogen) atoms. The Bertz CT molecular complexity index is 790. The second-order valence-corrected chi connectivity index (χ2v) is 5.46. The third kappa shape index (κ3) is 3.09. The largest absolute Gasteiger partial charge is 0.356 e. The number of nitrogens with zero attached hydrogens (tertiary/aromatic N) is 2. The van der Waals surface area contributed by atoms with Crippen molar-refractivity contribution in [1.29, 1.82) is 0 Å². The number of benzene rings is 2. The van der Waals surface area contributed by atoms with Gasteiger partial charge in [0.1, 0.15) is 0 Å². The topological polar surface area (TPSA) is 61.0 Å². The van der Waals surface area contributed by atoms with E-state index in [9.17, 15) is 4.79 Å². The van der Waals surface area contributed by atoms with Crippen LogP contribution in [0.3, 0.4) is 0 Å². The molecule has 1 aromatic heterocycles. The molecule has 3 rings (SSSR count). The van der Waals surface area contributed by atoms with Gasteiger partial charge in [0, 0.05) is 30.9 Å². The van der Waals surface area contributed by atoms with Crippen LogP contribution in [-0.4, -0.2) is 35.1 Å². The van der Waals surface area contributed by atoms with Crippen LogP contribution < -0.4 is 5.32 Å². The first kappa shape index (κ1) is 14.1. The molecule has 1 amide bonds. The monoisotopic (exact) mass is 294 g/mol. The van der Waals surface area contributed by atoms with E-state index in [0.29, 0.717) is 6.42 Å². The number of amides is 1. The Morgan fingerprint density at radius 3 is 2.59 bits per heavy atom. The molecular weight excluding hydrogens is 276 g/mol. The third-order valence-electron chi connectivity index (χ3n) is 3.54. The molecule has 0 saturated heterocycles. The van der Waals surface area contributed by atoms with Gasteiger partial charge in [0.2, 0.25) is 5.91 Å². The van der Waals surface area contributed by atoms with E-state index >= 15 is 0 Å². The third-order valence-corrected chi connectivity index (χ3v) is 3.54. The van der Waals surface area contributed by atoms with Crippen molar-refractivity contribution < 1.29 is 4.79 Å². The first-order chi connectivity index (χ1) is 10.6. The summed E-state index contributed by atoms with van der Waals surface area (Å²) in [7, 11) is 3.54. The van der Waals surface area contributed by atoms with Gasteiger partial charge in [-0.1, -0.05) is 12.1 Å². The van der Waals surface area contributed by atoms with Crippen LogP contribution in [0.25, 0.3) is 10.9 Å². The van der Waals surface area contributed by atoms with Crippen LogP contribution in [0.1, 0.15) is 5.56 Å². The van der Waals surface area contributed by atoms with Crippen LogP contribution in [0.2, 0.25) is 0 Å². The second kappa shape index (κ2) is 5.89. The van der Waals surface area contributed by atoms with E-state index in [0.717, 1.165) is 27.8 Å². The quantitative estimate of drug-likeness (QED) is 0.777. The summed E-state index contributed by atoms with van der Waals surface area (Å²) in [5.74, 6) is 0.103. The molecule has 0 saturated carbocycles. The molecule has 0 fully saturated rings. The predicted octanol–water partition coefficient (Wildman–Crippen LogP) is 2.94. The number of H-pyrrole nitrogens is 1. The first-order valence-corrected chi connectivity index (χ1v) is 7.11. The van der Waals surface area contributed by atoms with Gasteiger partial charge in [-0.15, -0.1) is 0 Å². The van der Waals surface area contributed by atoms with Crippen molar-refractivity contribution in [2.75, 3.05) is 19.4 Å². The molecular formula is C17H18N4O. The van der Waals surface area contributed by atoms with Crippen molar-refractivity contribution in [3.8, 4) is 0 Å². The summed E-state index contributed by atoms with van der Waals surface area (Å²) < 4.78 is 0. The number of hydrogen-bond donors (Lipinski definition) is 2. The van der Waals surface area contributed by atoms with Crippen LogP contribution >= 0.6 is 0 Å². The number of carbonyl (C=O) groups excluding carboxylic acids is 1. The van der Waals surface area contributed by atoms with Gasteiger partial charge < -0.3 is 10.2 Å². The van der Waals surface area contributed by atoms with Crippen molar-refractivity contribution in [2.45, 2.75) is 6.42 Å². The molecule has 0 unspecified atom stereocenters. The summed E-state index contributed by atoms with van der Waals surface area (Å²) in [6.07, 6.45) is 2.23. The normalized spacial score (nSPS) is 10.6. The maximum Gasteiger partial charge on any atom is 0.226 e. The van der Waals surface area contributed by atoms with Crippen LogP contribution in [0.5, 0.6) is 0 Å². The summed E-state index contributed by atoms with van der Waals surface area (Å²) in [4.78, 5) is 13.3. The number of nitrogens with one attached hydrogen (secondary N) is 2. The van der Waals surface area contributed by atoms with Gasteiger partial charge in [0.05, 0.1) is 18.1 Å². The zero-order chi connectivity index (χ0) is 15.5. The number of fused-ring (bicyclic) bond motifs is 1. The Morgan fingerprint density at radius 2 is 1.86 bits per heavy atom. The van der Waals surface area contributed by atoms with E-state index in [2.05, 4.69) is 15.5 Å². The summed E-state index contributed by atoms with van der Waals surface area (Å²) >= 11 is 0. The standard InChI is InChI=1S/C17H18N4O/c1-21(2)17(22)9-12-3-5-14(6-4-12)19-15-7-8-16-13(10-15)11-18-20-16/h3-8,10-11,19H,9H2,1-2H3,(H,18,20). The average Bonchev–Trinajstić information content (AvgIpc) is 2.96. The zero-order valence-electron chi connectivity index (χ0n) is 12.6. The molecule has 0 radical (unpaired) electrons. The van der Waals surface area contributed by atoms with Gasteiger partial charge in [0.25, 0.3) is 0 Å². The number of carbonyl (C=O) groups is 1. The predicted molar refractivity (Wildman–Crippen MR) is 88.2 cm³/mol. The van der Waals surface area contributed by atoms with E-state index in [1.165, 1.54) is 0 Å². The van der Waals surface area contributed by atoms with Crippen LogP contribution in [0, 0.1) is 0 Å². The Hall–Kier alpha value is -2.82. The van der Waals surface area contributed by atoms with Crippen molar-refractivity contribution in [3.05, 3.63) is 54.2 Å². The Kier molecular flexibility index (Phi) is 3.78. The number of hydrogen-bond acceptors (Lipinski definition) is 3. The highest BCUT2D eigenvalue weighted by Gasteiger charge is 2.05. The van der Waals surface area contributed by atoms with E-state index in [1.807, 2.05) is 42.5 Å².